The summed E-state index contributed by atoms with van der Waals surface area (Å²) in [6.45, 7) is 5.78. The fourth-order valence-corrected chi connectivity index (χ4v) is 5.50. The molecule has 228 valence electrons. The highest BCUT2D eigenvalue weighted by molar-refractivity contribution is 5.85. The quantitative estimate of drug-likeness (QED) is 0.321. The Morgan fingerprint density at radius 1 is 1.02 bits per heavy atom. The lowest BCUT2D eigenvalue weighted by Gasteiger charge is -2.42. The van der Waals surface area contributed by atoms with Gasteiger partial charge >= 0.3 is 18.6 Å². The number of aromatic nitrogens is 1. The summed E-state index contributed by atoms with van der Waals surface area (Å²) >= 11 is 0. The Bertz CT molecular complexity index is 1460. The van der Waals surface area contributed by atoms with E-state index in [9.17, 15) is 31.1 Å². The van der Waals surface area contributed by atoms with Gasteiger partial charge in [0, 0.05) is 34.3 Å². The molecule has 1 N–H and O–H groups in total. The molecule has 2 aliphatic heterocycles. The first kappa shape index (κ1) is 29.9. The van der Waals surface area contributed by atoms with Crippen molar-refractivity contribution in [3.8, 4) is 11.5 Å². The minimum absolute atomic E-state index is 0.0231. The number of amides is 1. The van der Waals surface area contributed by atoms with Crippen LogP contribution in [-0.4, -0.2) is 70.8 Å². The number of para-hydroxylation sites is 1. The van der Waals surface area contributed by atoms with E-state index in [0.717, 1.165) is 21.9 Å². The Hall–Kier alpha value is -3.61. The van der Waals surface area contributed by atoms with Crippen molar-refractivity contribution in [3.05, 3.63) is 59.3 Å². The average molecular weight is 600 g/mol. The van der Waals surface area contributed by atoms with Crippen LogP contribution in [0.5, 0.6) is 11.5 Å². The number of hydrogen-bond donors (Lipinski definition) is 1. The van der Waals surface area contributed by atoms with Crippen LogP contribution in [-0.2, 0) is 11.2 Å². The second-order valence-corrected chi connectivity index (χ2v) is 11.7. The van der Waals surface area contributed by atoms with Gasteiger partial charge in [-0.25, -0.2) is 4.79 Å². The van der Waals surface area contributed by atoms with Gasteiger partial charge < -0.3 is 24.1 Å². The Morgan fingerprint density at radius 2 is 1.71 bits per heavy atom. The predicted molar refractivity (Wildman–Crippen MR) is 141 cm³/mol. The third-order valence-corrected chi connectivity index (χ3v) is 7.19. The number of halogens is 6. The first-order chi connectivity index (χ1) is 19.5. The largest absolute Gasteiger partial charge is 0.573 e. The van der Waals surface area contributed by atoms with E-state index in [1.165, 1.54) is 17.0 Å². The number of H-pyrrole nitrogens is 1. The van der Waals surface area contributed by atoms with Crippen LogP contribution in [0, 0.1) is 0 Å². The maximum atomic E-state index is 13.8. The number of rotatable bonds is 5. The van der Waals surface area contributed by atoms with Gasteiger partial charge in [-0.2, -0.15) is 13.2 Å². The maximum Gasteiger partial charge on any atom is 0.573 e. The number of nitrogens with zero attached hydrogens (tertiary/aromatic N) is 2. The van der Waals surface area contributed by atoms with Gasteiger partial charge in [-0.3, -0.25) is 4.90 Å². The van der Waals surface area contributed by atoms with E-state index in [0.29, 0.717) is 11.2 Å². The fraction of sp³-hybridized carbons (Fsp3) is 0.483. The predicted octanol–water partition coefficient (Wildman–Crippen LogP) is 6.96. The fourth-order valence-electron chi connectivity index (χ4n) is 5.50. The standard InChI is InChI=1S/C29H31F6N3O4/c1-16-11-21-19-7-5-6-8-22(19)36-24(21)25(38(16)15-28(30,31)32)20-10-9-17(12-23(20)41-29(33,34)35)40-18-13-37(14-18)26(39)42-27(2,3)4/h5-10,12,16,18,25,36H,11,13-15H2,1-4H3/t16-,25-/m1/s1. The maximum absolute atomic E-state index is 13.8. The Labute approximate surface area is 238 Å². The van der Waals surface area contributed by atoms with Crippen LogP contribution in [0.25, 0.3) is 10.9 Å². The summed E-state index contributed by atoms with van der Waals surface area (Å²) < 4.78 is 97.7. The van der Waals surface area contributed by atoms with Crippen molar-refractivity contribution in [2.75, 3.05) is 19.6 Å². The summed E-state index contributed by atoms with van der Waals surface area (Å²) in [6.07, 6.45) is -10.5. The van der Waals surface area contributed by atoms with Crippen molar-refractivity contribution >= 4 is 17.0 Å². The molecule has 1 saturated heterocycles. The van der Waals surface area contributed by atoms with Crippen LogP contribution in [0.1, 0.15) is 50.6 Å². The Balaban J connectivity index is 1.49. The first-order valence-corrected chi connectivity index (χ1v) is 13.4. The molecule has 7 nitrogen and oxygen atoms in total. The summed E-state index contributed by atoms with van der Waals surface area (Å²) in [5.74, 6) is -0.644. The third kappa shape index (κ3) is 6.55. The van der Waals surface area contributed by atoms with E-state index >= 15 is 0 Å². The lowest BCUT2D eigenvalue weighted by molar-refractivity contribution is -0.275. The van der Waals surface area contributed by atoms with Crippen LogP contribution in [0.2, 0.25) is 0 Å². The zero-order chi connectivity index (χ0) is 30.6. The second-order valence-electron chi connectivity index (χ2n) is 11.7. The van der Waals surface area contributed by atoms with Crippen molar-refractivity contribution in [1.82, 2.24) is 14.8 Å². The lowest BCUT2D eigenvalue weighted by atomic mass is 9.88. The number of likely N-dealkylation sites (tertiary alicyclic amines) is 1. The van der Waals surface area contributed by atoms with Gasteiger partial charge in [-0.05, 0) is 57.9 Å². The minimum Gasteiger partial charge on any atom is -0.487 e. The summed E-state index contributed by atoms with van der Waals surface area (Å²) in [6, 6.07) is 9.06. The molecule has 1 aromatic heterocycles. The SMILES string of the molecule is C[C@@H]1Cc2c([nH]c3ccccc23)[C@@H](c2ccc(OC3CN(C(=O)OC(C)(C)C)C3)cc2OC(F)(F)F)N1CC(F)(F)F. The van der Waals surface area contributed by atoms with Crippen molar-refractivity contribution in [3.63, 3.8) is 0 Å². The zero-order valence-corrected chi connectivity index (χ0v) is 23.4. The van der Waals surface area contributed by atoms with Gasteiger partial charge in [-0.15, -0.1) is 13.2 Å². The topological polar surface area (TPSA) is 67.0 Å². The highest BCUT2D eigenvalue weighted by Gasteiger charge is 2.44. The summed E-state index contributed by atoms with van der Waals surface area (Å²) in [5.41, 5.74) is 1.02. The van der Waals surface area contributed by atoms with Gasteiger partial charge in [0.2, 0.25) is 0 Å². The number of benzene rings is 2. The first-order valence-electron chi connectivity index (χ1n) is 13.4. The molecule has 2 atom stereocenters. The lowest BCUT2D eigenvalue weighted by Crippen LogP contribution is -2.57. The van der Waals surface area contributed by atoms with Crippen LogP contribution >= 0.6 is 0 Å². The van der Waals surface area contributed by atoms with E-state index in [-0.39, 0.29) is 30.8 Å². The molecule has 0 unspecified atom stereocenters. The molecule has 1 amide bonds. The van der Waals surface area contributed by atoms with Gasteiger partial charge in [0.25, 0.3) is 0 Å². The number of ether oxygens (including phenoxy) is 3. The number of hydrogen-bond acceptors (Lipinski definition) is 5. The van der Waals surface area contributed by atoms with Gasteiger partial charge in [0.05, 0.1) is 25.7 Å². The Kier molecular flexibility index (Phi) is 7.53. The molecule has 0 spiro atoms. The van der Waals surface area contributed by atoms with Gasteiger partial charge in [0.1, 0.15) is 23.2 Å². The number of aromatic amines is 1. The molecule has 1 fully saturated rings. The molecule has 3 aromatic rings. The summed E-state index contributed by atoms with van der Waals surface area (Å²) in [4.78, 5) is 17.9. The second kappa shape index (κ2) is 10.6. The molecular formula is C29H31F6N3O4. The molecule has 0 bridgehead atoms. The average Bonchev–Trinajstić information content (AvgIpc) is 3.17. The molecule has 3 heterocycles. The monoisotopic (exact) mass is 599 g/mol. The van der Waals surface area contributed by atoms with E-state index in [2.05, 4.69) is 9.72 Å². The number of carbonyl (C=O) groups excluding carboxylic acids is 1. The zero-order valence-electron chi connectivity index (χ0n) is 23.4. The van der Waals surface area contributed by atoms with Crippen LogP contribution in [0.15, 0.2) is 42.5 Å². The molecule has 42 heavy (non-hydrogen) atoms. The third-order valence-electron chi connectivity index (χ3n) is 7.19. The van der Waals surface area contributed by atoms with E-state index < -0.39 is 54.7 Å². The molecule has 0 saturated carbocycles. The van der Waals surface area contributed by atoms with Crippen molar-refractivity contribution < 1.29 is 45.3 Å². The molecule has 0 aliphatic carbocycles. The molecule has 0 radical (unpaired) electrons. The van der Waals surface area contributed by atoms with E-state index in [4.69, 9.17) is 9.47 Å². The van der Waals surface area contributed by atoms with E-state index in [1.54, 1.807) is 45.9 Å². The molecule has 2 aliphatic rings. The van der Waals surface area contributed by atoms with Crippen LogP contribution < -0.4 is 9.47 Å². The number of fused-ring (bicyclic) bond motifs is 3. The highest BCUT2D eigenvalue weighted by atomic mass is 19.4. The van der Waals surface area contributed by atoms with Gasteiger partial charge in [0.15, 0.2) is 0 Å². The molecule has 13 heteroatoms. The van der Waals surface area contributed by atoms with Gasteiger partial charge in [-0.1, -0.05) is 18.2 Å². The molecule has 2 aromatic carbocycles. The normalized spacial score (nSPS) is 20.3. The van der Waals surface area contributed by atoms with Crippen molar-refractivity contribution in [1.29, 1.82) is 0 Å². The van der Waals surface area contributed by atoms with Crippen molar-refractivity contribution in [2.24, 2.45) is 0 Å². The molecule has 5 rings (SSSR count). The molecular weight excluding hydrogens is 568 g/mol. The minimum atomic E-state index is -5.12. The smallest absolute Gasteiger partial charge is 0.487 e. The number of alkyl halides is 6. The van der Waals surface area contributed by atoms with Crippen LogP contribution in [0.4, 0.5) is 31.1 Å². The highest BCUT2D eigenvalue weighted by Crippen LogP contribution is 2.46. The summed E-state index contributed by atoms with van der Waals surface area (Å²) in [7, 11) is 0. The summed E-state index contributed by atoms with van der Waals surface area (Å²) in [5, 5.41) is 0.800. The Morgan fingerprint density at radius 3 is 2.36 bits per heavy atom. The van der Waals surface area contributed by atoms with E-state index in [1.807, 2.05) is 6.07 Å². The number of nitrogens with one attached hydrogen (secondary N) is 1. The number of carbonyl (C=O) groups is 1. The van der Waals surface area contributed by atoms with Crippen molar-refractivity contribution in [2.45, 2.75) is 70.4 Å². The van der Waals surface area contributed by atoms with Crippen LogP contribution in [0.3, 0.4) is 0 Å².